The molecule has 3 amide bonds. The number of hydrogen-bond acceptors (Lipinski definition) is 4. The molecule has 2 aliphatic rings. The van der Waals surface area contributed by atoms with Crippen molar-refractivity contribution in [3.8, 4) is 0 Å². The second kappa shape index (κ2) is 4.39. The smallest absolute Gasteiger partial charge is 0.261 e. The van der Waals surface area contributed by atoms with Crippen molar-refractivity contribution in [2.24, 2.45) is 7.05 Å². The fourth-order valence-corrected chi connectivity index (χ4v) is 3.56. The van der Waals surface area contributed by atoms with Crippen LogP contribution in [0.1, 0.15) is 23.2 Å². The first-order valence-corrected chi connectivity index (χ1v) is 7.60. The SMILES string of the molecule is Cn1nc2c3c(cc(Br)cc31)C(=O)N2C1CCC(=O)NC1=O. The van der Waals surface area contributed by atoms with Gasteiger partial charge in [0, 0.05) is 17.9 Å². The van der Waals surface area contributed by atoms with Gasteiger partial charge in [-0.25, -0.2) is 0 Å². The number of rotatable bonds is 1. The van der Waals surface area contributed by atoms with Gasteiger partial charge in [0.1, 0.15) is 6.04 Å². The molecule has 7 nitrogen and oxygen atoms in total. The second-order valence-electron chi connectivity index (χ2n) is 5.44. The summed E-state index contributed by atoms with van der Waals surface area (Å²) in [5.41, 5.74) is 1.35. The van der Waals surface area contributed by atoms with E-state index in [-0.39, 0.29) is 18.2 Å². The van der Waals surface area contributed by atoms with Crippen molar-refractivity contribution in [2.45, 2.75) is 18.9 Å². The number of imide groups is 1. The first kappa shape index (κ1) is 13.4. The molecule has 3 heterocycles. The highest BCUT2D eigenvalue weighted by Crippen LogP contribution is 2.40. The van der Waals surface area contributed by atoms with Crippen molar-refractivity contribution in [1.29, 1.82) is 0 Å². The van der Waals surface area contributed by atoms with E-state index in [1.54, 1.807) is 17.8 Å². The number of anilines is 1. The summed E-state index contributed by atoms with van der Waals surface area (Å²) in [4.78, 5) is 37.6. The lowest BCUT2D eigenvalue weighted by molar-refractivity contribution is -0.134. The van der Waals surface area contributed by atoms with Crippen LogP contribution in [0.25, 0.3) is 10.9 Å². The van der Waals surface area contributed by atoms with E-state index >= 15 is 0 Å². The largest absolute Gasteiger partial charge is 0.295 e. The molecule has 1 unspecified atom stereocenters. The first-order valence-electron chi connectivity index (χ1n) is 6.81. The van der Waals surface area contributed by atoms with Gasteiger partial charge in [-0.05, 0) is 18.6 Å². The predicted molar refractivity (Wildman–Crippen MR) is 81.4 cm³/mol. The van der Waals surface area contributed by atoms with Crippen LogP contribution in [0.3, 0.4) is 0 Å². The number of hydrogen-bond donors (Lipinski definition) is 1. The molecule has 0 spiro atoms. The summed E-state index contributed by atoms with van der Waals surface area (Å²) in [6.07, 6.45) is 0.528. The molecule has 22 heavy (non-hydrogen) atoms. The third-order valence-corrected chi connectivity index (χ3v) is 4.56. The molecule has 1 saturated heterocycles. The summed E-state index contributed by atoms with van der Waals surface area (Å²) < 4.78 is 2.47. The second-order valence-corrected chi connectivity index (χ2v) is 6.35. The minimum absolute atomic E-state index is 0.218. The summed E-state index contributed by atoms with van der Waals surface area (Å²) >= 11 is 3.39. The van der Waals surface area contributed by atoms with Crippen molar-refractivity contribution in [3.63, 3.8) is 0 Å². The monoisotopic (exact) mass is 362 g/mol. The van der Waals surface area contributed by atoms with Gasteiger partial charge in [0.15, 0.2) is 5.82 Å². The number of amides is 3. The molecule has 1 aromatic carbocycles. The topological polar surface area (TPSA) is 84.3 Å². The molecular formula is C14H11BrN4O3. The summed E-state index contributed by atoms with van der Waals surface area (Å²) in [5, 5.41) is 7.44. The Morgan fingerprint density at radius 1 is 1.32 bits per heavy atom. The highest BCUT2D eigenvalue weighted by Gasteiger charge is 2.42. The van der Waals surface area contributed by atoms with Gasteiger partial charge in [0.2, 0.25) is 11.8 Å². The fourth-order valence-electron chi connectivity index (χ4n) is 3.11. The van der Waals surface area contributed by atoms with Gasteiger partial charge in [0.05, 0.1) is 16.5 Å². The average molecular weight is 363 g/mol. The fraction of sp³-hybridized carbons (Fsp3) is 0.286. The summed E-state index contributed by atoms with van der Waals surface area (Å²) in [7, 11) is 1.79. The van der Waals surface area contributed by atoms with Crippen LogP contribution < -0.4 is 10.2 Å². The van der Waals surface area contributed by atoms with Crippen molar-refractivity contribution >= 4 is 50.4 Å². The Hall–Kier alpha value is -2.22. The van der Waals surface area contributed by atoms with Crippen LogP contribution in [-0.4, -0.2) is 33.5 Å². The maximum Gasteiger partial charge on any atom is 0.261 e. The number of aromatic nitrogens is 2. The lowest BCUT2D eigenvalue weighted by atomic mass is 10.0. The quantitative estimate of drug-likeness (QED) is 0.770. The molecule has 0 bridgehead atoms. The molecule has 1 fully saturated rings. The number of nitrogens with zero attached hydrogens (tertiary/aromatic N) is 3. The van der Waals surface area contributed by atoms with Gasteiger partial charge in [-0.15, -0.1) is 0 Å². The van der Waals surface area contributed by atoms with E-state index in [4.69, 9.17) is 0 Å². The first-order chi connectivity index (χ1) is 10.5. The Bertz CT molecular complexity index is 873. The van der Waals surface area contributed by atoms with Crippen LogP contribution in [-0.2, 0) is 16.6 Å². The number of carbonyl (C=O) groups is 3. The minimum atomic E-state index is -0.700. The molecule has 0 aliphatic carbocycles. The van der Waals surface area contributed by atoms with Gasteiger partial charge in [0.25, 0.3) is 5.91 Å². The summed E-state index contributed by atoms with van der Waals surface area (Å²) in [6, 6.07) is 2.92. The molecule has 1 aromatic heterocycles. The molecule has 2 aliphatic heterocycles. The van der Waals surface area contributed by atoms with Crippen molar-refractivity contribution in [2.75, 3.05) is 4.90 Å². The van der Waals surface area contributed by atoms with Crippen molar-refractivity contribution in [1.82, 2.24) is 15.1 Å². The number of aryl methyl sites for hydroxylation is 1. The van der Waals surface area contributed by atoms with E-state index in [0.717, 1.165) is 15.4 Å². The Morgan fingerprint density at radius 2 is 2.09 bits per heavy atom. The number of nitrogens with one attached hydrogen (secondary N) is 1. The average Bonchev–Trinajstić information content (AvgIpc) is 2.90. The maximum atomic E-state index is 12.7. The van der Waals surface area contributed by atoms with E-state index in [1.165, 1.54) is 4.90 Å². The normalized spacial score (nSPS) is 20.9. The molecular weight excluding hydrogens is 352 g/mol. The lowest BCUT2D eigenvalue weighted by Gasteiger charge is -2.28. The molecule has 2 aromatic rings. The van der Waals surface area contributed by atoms with Gasteiger partial charge in [-0.3, -0.25) is 29.3 Å². The number of carbonyl (C=O) groups excluding carboxylic acids is 3. The molecule has 112 valence electrons. The molecule has 1 atom stereocenters. The molecule has 4 rings (SSSR count). The standard InChI is InChI=1S/C14H11BrN4O3/c1-18-9-5-6(15)4-7-11(9)12(17-18)19(14(7)22)8-2-3-10(20)16-13(8)21/h4-5,8H,2-3H2,1H3,(H,16,20,21). The van der Waals surface area contributed by atoms with Crippen LogP contribution in [0.15, 0.2) is 16.6 Å². The zero-order chi connectivity index (χ0) is 15.6. The Morgan fingerprint density at radius 3 is 2.82 bits per heavy atom. The number of halogens is 1. The van der Waals surface area contributed by atoms with Crippen LogP contribution in [0.4, 0.5) is 5.82 Å². The maximum absolute atomic E-state index is 12.7. The zero-order valence-electron chi connectivity index (χ0n) is 11.6. The highest BCUT2D eigenvalue weighted by molar-refractivity contribution is 9.10. The van der Waals surface area contributed by atoms with Crippen LogP contribution in [0.5, 0.6) is 0 Å². The van der Waals surface area contributed by atoms with E-state index in [1.807, 2.05) is 6.07 Å². The summed E-state index contributed by atoms with van der Waals surface area (Å²) in [6.45, 7) is 0. The van der Waals surface area contributed by atoms with Gasteiger partial charge in [-0.2, -0.15) is 5.10 Å². The minimum Gasteiger partial charge on any atom is -0.295 e. The van der Waals surface area contributed by atoms with Crippen LogP contribution in [0.2, 0.25) is 0 Å². The van der Waals surface area contributed by atoms with Crippen molar-refractivity contribution in [3.05, 3.63) is 22.2 Å². The third-order valence-electron chi connectivity index (χ3n) is 4.10. The molecule has 0 radical (unpaired) electrons. The Kier molecular flexibility index (Phi) is 2.68. The lowest BCUT2D eigenvalue weighted by Crippen LogP contribution is -2.53. The number of piperidine rings is 1. The zero-order valence-corrected chi connectivity index (χ0v) is 13.2. The Labute approximate surface area is 133 Å². The third kappa shape index (κ3) is 1.67. The van der Waals surface area contributed by atoms with Crippen LogP contribution in [0, 0.1) is 0 Å². The highest BCUT2D eigenvalue weighted by atomic mass is 79.9. The van der Waals surface area contributed by atoms with Gasteiger partial charge >= 0.3 is 0 Å². The predicted octanol–water partition coefficient (Wildman–Crippen LogP) is 1.10. The molecule has 0 saturated carbocycles. The van der Waals surface area contributed by atoms with Crippen LogP contribution >= 0.6 is 15.9 Å². The van der Waals surface area contributed by atoms with Crippen molar-refractivity contribution < 1.29 is 14.4 Å². The van der Waals surface area contributed by atoms with Gasteiger partial charge in [-0.1, -0.05) is 15.9 Å². The van der Waals surface area contributed by atoms with E-state index in [0.29, 0.717) is 17.8 Å². The Balaban J connectivity index is 1.88. The van der Waals surface area contributed by atoms with E-state index < -0.39 is 11.9 Å². The van der Waals surface area contributed by atoms with Gasteiger partial charge < -0.3 is 0 Å². The molecule has 8 heteroatoms. The van der Waals surface area contributed by atoms with E-state index in [2.05, 4.69) is 26.3 Å². The number of benzene rings is 1. The summed E-state index contributed by atoms with van der Waals surface area (Å²) in [5.74, 6) is -0.520. The van der Waals surface area contributed by atoms with E-state index in [9.17, 15) is 14.4 Å². The molecule has 1 N–H and O–H groups in total.